The van der Waals surface area contributed by atoms with E-state index in [1.165, 1.54) is 18.4 Å². The molecule has 1 fully saturated rings. The predicted molar refractivity (Wildman–Crippen MR) is 81.7 cm³/mol. The van der Waals surface area contributed by atoms with E-state index in [4.69, 9.17) is 0 Å². The van der Waals surface area contributed by atoms with Crippen molar-refractivity contribution in [3.05, 3.63) is 23.8 Å². The smallest absolute Gasteiger partial charge is 0.166 e. The van der Waals surface area contributed by atoms with E-state index in [2.05, 4.69) is 54.4 Å². The molecule has 1 aromatic heterocycles. The third-order valence-electron chi connectivity index (χ3n) is 4.23. The first kappa shape index (κ1) is 13.0. The standard InChI is InChI=1S/C15H21N3S/c1-9-4-5-12-13(8-9)18-15(17-12)19-14-7-6-11(16-3)10(14)2/h4-5,8,10-11,14,16H,6-7H2,1-3H3,(H,17,18). The van der Waals surface area contributed by atoms with Crippen LogP contribution in [0.1, 0.15) is 25.3 Å². The van der Waals surface area contributed by atoms with E-state index >= 15 is 0 Å². The summed E-state index contributed by atoms with van der Waals surface area (Å²) in [7, 11) is 2.07. The Morgan fingerprint density at radius 3 is 2.95 bits per heavy atom. The van der Waals surface area contributed by atoms with Crippen LogP contribution in [0.3, 0.4) is 0 Å². The molecule has 3 atom stereocenters. The monoisotopic (exact) mass is 275 g/mol. The predicted octanol–water partition coefficient (Wildman–Crippen LogP) is 3.35. The van der Waals surface area contributed by atoms with E-state index in [9.17, 15) is 0 Å². The van der Waals surface area contributed by atoms with E-state index in [-0.39, 0.29) is 0 Å². The summed E-state index contributed by atoms with van der Waals surface area (Å²) in [5.41, 5.74) is 3.50. The summed E-state index contributed by atoms with van der Waals surface area (Å²) in [5.74, 6) is 0.699. The first-order valence-corrected chi connectivity index (χ1v) is 7.85. The van der Waals surface area contributed by atoms with E-state index in [1.807, 2.05) is 11.8 Å². The Morgan fingerprint density at radius 2 is 2.21 bits per heavy atom. The lowest BCUT2D eigenvalue weighted by atomic mass is 10.1. The molecule has 102 valence electrons. The molecule has 1 aromatic carbocycles. The molecule has 2 aromatic rings. The van der Waals surface area contributed by atoms with Gasteiger partial charge in [0.1, 0.15) is 0 Å². The summed E-state index contributed by atoms with van der Waals surface area (Å²) < 4.78 is 0. The summed E-state index contributed by atoms with van der Waals surface area (Å²) in [6, 6.07) is 7.04. The molecular formula is C15H21N3S. The van der Waals surface area contributed by atoms with Gasteiger partial charge < -0.3 is 10.3 Å². The van der Waals surface area contributed by atoms with Gasteiger partial charge in [0.25, 0.3) is 0 Å². The number of thioether (sulfide) groups is 1. The zero-order valence-electron chi connectivity index (χ0n) is 11.7. The van der Waals surface area contributed by atoms with Crippen LogP contribution in [0.2, 0.25) is 0 Å². The van der Waals surface area contributed by atoms with Crippen molar-refractivity contribution >= 4 is 22.8 Å². The molecule has 2 N–H and O–H groups in total. The Balaban J connectivity index is 1.78. The third-order valence-corrected chi connectivity index (χ3v) is 5.62. The van der Waals surface area contributed by atoms with Crippen molar-refractivity contribution in [2.24, 2.45) is 5.92 Å². The topological polar surface area (TPSA) is 40.7 Å². The number of H-pyrrole nitrogens is 1. The van der Waals surface area contributed by atoms with Crippen molar-refractivity contribution in [3.8, 4) is 0 Å². The van der Waals surface area contributed by atoms with Gasteiger partial charge in [-0.2, -0.15) is 0 Å². The fourth-order valence-corrected chi connectivity index (χ4v) is 4.27. The quantitative estimate of drug-likeness (QED) is 0.902. The minimum atomic E-state index is 0.657. The Hall–Kier alpha value is -1.00. The molecule has 19 heavy (non-hydrogen) atoms. The zero-order valence-corrected chi connectivity index (χ0v) is 12.6. The molecule has 1 heterocycles. The molecule has 3 nitrogen and oxygen atoms in total. The van der Waals surface area contributed by atoms with Crippen molar-refractivity contribution < 1.29 is 0 Å². The van der Waals surface area contributed by atoms with Crippen LogP contribution in [0.5, 0.6) is 0 Å². The van der Waals surface area contributed by atoms with Gasteiger partial charge in [-0.05, 0) is 50.4 Å². The molecule has 0 aliphatic heterocycles. The number of hydrogen-bond acceptors (Lipinski definition) is 3. The number of aromatic nitrogens is 2. The van der Waals surface area contributed by atoms with Crippen molar-refractivity contribution in [2.45, 2.75) is 43.1 Å². The van der Waals surface area contributed by atoms with Crippen molar-refractivity contribution in [1.82, 2.24) is 15.3 Å². The Kier molecular flexibility index (Phi) is 3.54. The Labute approximate surface area is 118 Å². The number of aromatic amines is 1. The van der Waals surface area contributed by atoms with Crippen molar-refractivity contribution in [3.63, 3.8) is 0 Å². The molecule has 3 unspecified atom stereocenters. The van der Waals surface area contributed by atoms with Crippen molar-refractivity contribution in [2.75, 3.05) is 7.05 Å². The van der Waals surface area contributed by atoms with Gasteiger partial charge in [-0.3, -0.25) is 0 Å². The van der Waals surface area contributed by atoms with Crippen LogP contribution in [-0.2, 0) is 0 Å². The number of hydrogen-bond donors (Lipinski definition) is 2. The van der Waals surface area contributed by atoms with Crippen LogP contribution in [-0.4, -0.2) is 28.3 Å². The van der Waals surface area contributed by atoms with Gasteiger partial charge in [-0.25, -0.2) is 4.98 Å². The maximum Gasteiger partial charge on any atom is 0.166 e. The number of nitrogens with zero attached hydrogens (tertiary/aromatic N) is 1. The van der Waals surface area contributed by atoms with Crippen LogP contribution in [0.25, 0.3) is 11.0 Å². The third kappa shape index (κ3) is 2.51. The van der Waals surface area contributed by atoms with Gasteiger partial charge in [0.05, 0.1) is 11.0 Å². The van der Waals surface area contributed by atoms with Gasteiger partial charge in [-0.15, -0.1) is 0 Å². The van der Waals surface area contributed by atoms with Crippen molar-refractivity contribution in [1.29, 1.82) is 0 Å². The zero-order chi connectivity index (χ0) is 13.4. The second-order valence-corrected chi connectivity index (χ2v) is 6.78. The molecule has 0 bridgehead atoms. The molecule has 1 aliphatic rings. The van der Waals surface area contributed by atoms with Gasteiger partial charge in [0.2, 0.25) is 0 Å². The second-order valence-electron chi connectivity index (χ2n) is 5.55. The number of rotatable bonds is 3. The number of nitrogens with one attached hydrogen (secondary N) is 2. The highest BCUT2D eigenvalue weighted by Gasteiger charge is 2.32. The average molecular weight is 275 g/mol. The maximum atomic E-state index is 4.69. The van der Waals surface area contributed by atoms with Crippen LogP contribution >= 0.6 is 11.8 Å². The minimum absolute atomic E-state index is 0.657. The van der Waals surface area contributed by atoms with E-state index in [0.29, 0.717) is 17.2 Å². The summed E-state index contributed by atoms with van der Waals surface area (Å²) in [6.45, 7) is 4.46. The summed E-state index contributed by atoms with van der Waals surface area (Å²) in [4.78, 5) is 8.14. The SMILES string of the molecule is CNC1CCC(Sc2nc3ccc(C)cc3[nH]2)C1C. The minimum Gasteiger partial charge on any atom is -0.333 e. The molecule has 0 amide bonds. The fraction of sp³-hybridized carbons (Fsp3) is 0.533. The molecule has 0 saturated heterocycles. The highest BCUT2D eigenvalue weighted by Crippen LogP contribution is 2.38. The largest absolute Gasteiger partial charge is 0.333 e. The van der Waals surface area contributed by atoms with Gasteiger partial charge in [0, 0.05) is 11.3 Å². The molecule has 1 aliphatic carbocycles. The van der Waals surface area contributed by atoms with Gasteiger partial charge in [0.15, 0.2) is 5.16 Å². The molecule has 1 saturated carbocycles. The highest BCUT2D eigenvalue weighted by atomic mass is 32.2. The van der Waals surface area contributed by atoms with Crippen LogP contribution in [0.15, 0.2) is 23.4 Å². The summed E-state index contributed by atoms with van der Waals surface area (Å²) >= 11 is 1.90. The molecular weight excluding hydrogens is 254 g/mol. The fourth-order valence-electron chi connectivity index (χ4n) is 3.00. The normalized spacial score (nSPS) is 27.2. The maximum absolute atomic E-state index is 4.69. The summed E-state index contributed by atoms with van der Waals surface area (Å²) in [6.07, 6.45) is 2.54. The summed E-state index contributed by atoms with van der Waals surface area (Å²) in [5, 5.41) is 5.15. The lowest BCUT2D eigenvalue weighted by Crippen LogP contribution is -2.30. The first-order valence-electron chi connectivity index (χ1n) is 6.97. The second kappa shape index (κ2) is 5.17. The van der Waals surface area contributed by atoms with Crippen LogP contribution in [0.4, 0.5) is 0 Å². The van der Waals surface area contributed by atoms with Gasteiger partial charge >= 0.3 is 0 Å². The van der Waals surface area contributed by atoms with E-state index in [1.54, 1.807) is 0 Å². The first-order chi connectivity index (χ1) is 9.17. The van der Waals surface area contributed by atoms with Crippen LogP contribution < -0.4 is 5.32 Å². The lowest BCUT2D eigenvalue weighted by Gasteiger charge is -2.18. The number of imidazole rings is 1. The lowest BCUT2D eigenvalue weighted by molar-refractivity contribution is 0.464. The number of fused-ring (bicyclic) bond motifs is 1. The number of benzene rings is 1. The van der Waals surface area contributed by atoms with Gasteiger partial charge in [-0.1, -0.05) is 24.8 Å². The van der Waals surface area contributed by atoms with Crippen LogP contribution in [0, 0.1) is 12.8 Å². The molecule has 4 heteroatoms. The highest BCUT2D eigenvalue weighted by molar-refractivity contribution is 7.99. The molecule has 3 rings (SSSR count). The average Bonchev–Trinajstić information content (AvgIpc) is 2.93. The Morgan fingerprint density at radius 1 is 1.37 bits per heavy atom. The molecule has 0 radical (unpaired) electrons. The van der Waals surface area contributed by atoms with E-state index in [0.717, 1.165) is 16.2 Å². The number of aryl methyl sites for hydroxylation is 1. The van der Waals surface area contributed by atoms with E-state index < -0.39 is 0 Å². The Bertz CT molecular complexity index is 578. The molecule has 0 spiro atoms.